The Labute approximate surface area is 214 Å². The molecule has 2 aliphatic carbocycles. The Bertz CT molecular complexity index is 977. The minimum absolute atomic E-state index is 0. The molecule has 0 N–H and O–H groups in total. The molecule has 2 aliphatic rings. The van der Waals surface area contributed by atoms with Crippen molar-refractivity contribution in [2.45, 2.75) is 13.8 Å². The Morgan fingerprint density at radius 1 is 0.697 bits per heavy atom. The maximum atomic E-state index is 11.8. The molecule has 0 saturated carbocycles. The van der Waals surface area contributed by atoms with Crippen LogP contribution in [0.3, 0.4) is 0 Å². The number of hydrogen-bond donors (Lipinski definition) is 0. The first kappa shape index (κ1) is 26.4. The van der Waals surface area contributed by atoms with Crippen LogP contribution in [-0.2, 0) is 51.8 Å². The van der Waals surface area contributed by atoms with Crippen LogP contribution in [0.5, 0.6) is 0 Å². The SMILES string of the molecule is CCOC(=O)C1C(=O)c2c[c-]ccc2C1=O.CCOC(=O)C1C(=O)c2c[c-]ccc2C1=O.[Y]. The fourth-order valence-electron chi connectivity index (χ4n) is 3.44. The van der Waals surface area contributed by atoms with E-state index in [0.29, 0.717) is 0 Å². The van der Waals surface area contributed by atoms with E-state index in [4.69, 9.17) is 9.47 Å². The first-order valence-electron chi connectivity index (χ1n) is 9.83. The Hall–Kier alpha value is -2.84. The summed E-state index contributed by atoms with van der Waals surface area (Å²) < 4.78 is 9.41. The molecular weight excluding hydrogens is 505 g/mol. The maximum Gasteiger partial charge on any atom is 0.323 e. The Kier molecular flexibility index (Phi) is 9.08. The molecule has 0 aliphatic heterocycles. The first-order valence-corrected chi connectivity index (χ1v) is 9.83. The van der Waals surface area contributed by atoms with E-state index in [0.717, 1.165) is 0 Å². The van der Waals surface area contributed by atoms with Gasteiger partial charge in [0.15, 0.2) is 23.4 Å². The minimum Gasteiger partial charge on any atom is -0.465 e. The zero-order chi connectivity index (χ0) is 23.4. The number of benzene rings is 2. The van der Waals surface area contributed by atoms with Crippen LogP contribution in [0.15, 0.2) is 36.4 Å². The van der Waals surface area contributed by atoms with Crippen LogP contribution >= 0.6 is 0 Å². The minimum atomic E-state index is -1.31. The molecule has 0 bridgehead atoms. The second-order valence-corrected chi connectivity index (χ2v) is 6.77. The van der Waals surface area contributed by atoms with Crippen molar-refractivity contribution < 1.29 is 71.0 Å². The standard InChI is InChI=1S/2C12H9O4.Y/c2*1-2-16-12(15)9-10(13)7-5-3-4-6-8(7)11(9)14;/h2*3,5-6,9H,2H2,1H3;/q2*-1;. The zero-order valence-corrected chi connectivity index (χ0v) is 20.7. The second-order valence-electron chi connectivity index (χ2n) is 6.77. The van der Waals surface area contributed by atoms with Gasteiger partial charge in [0.2, 0.25) is 0 Å². The summed E-state index contributed by atoms with van der Waals surface area (Å²) in [6.45, 7) is 3.56. The molecular formula is C24H18O8Y-2. The van der Waals surface area contributed by atoms with Crippen molar-refractivity contribution in [3.8, 4) is 0 Å². The van der Waals surface area contributed by atoms with Gasteiger partial charge in [-0.1, -0.05) is 22.3 Å². The first-order chi connectivity index (χ1) is 15.3. The van der Waals surface area contributed by atoms with Gasteiger partial charge in [-0.15, -0.1) is 0 Å². The third-order valence-corrected chi connectivity index (χ3v) is 4.88. The van der Waals surface area contributed by atoms with Gasteiger partial charge in [-0.25, -0.2) is 0 Å². The van der Waals surface area contributed by atoms with Crippen LogP contribution in [0.2, 0.25) is 0 Å². The molecule has 8 nitrogen and oxygen atoms in total. The number of ketones is 4. The van der Waals surface area contributed by atoms with E-state index in [-0.39, 0.29) is 68.2 Å². The Balaban J connectivity index is 0.000000227. The van der Waals surface area contributed by atoms with Crippen molar-refractivity contribution in [1.82, 2.24) is 0 Å². The third kappa shape index (κ3) is 5.07. The van der Waals surface area contributed by atoms with Gasteiger partial charge in [-0.05, 0) is 13.8 Å². The number of carbonyl (C=O) groups excluding carboxylic acids is 6. The van der Waals surface area contributed by atoms with E-state index >= 15 is 0 Å². The van der Waals surface area contributed by atoms with E-state index in [9.17, 15) is 28.8 Å². The number of carbonyl (C=O) groups is 6. The summed E-state index contributed by atoms with van der Waals surface area (Å²) >= 11 is 0. The van der Waals surface area contributed by atoms with Crippen molar-refractivity contribution in [1.29, 1.82) is 0 Å². The van der Waals surface area contributed by atoms with Crippen LogP contribution in [0.1, 0.15) is 55.3 Å². The molecule has 1 radical (unpaired) electrons. The average Bonchev–Trinajstić information content (AvgIpc) is 3.19. The largest absolute Gasteiger partial charge is 0.465 e. The molecule has 9 heteroatoms. The molecule has 33 heavy (non-hydrogen) atoms. The Morgan fingerprint density at radius 3 is 1.33 bits per heavy atom. The van der Waals surface area contributed by atoms with Gasteiger partial charge in [0, 0.05) is 32.7 Å². The van der Waals surface area contributed by atoms with Crippen LogP contribution in [0.25, 0.3) is 0 Å². The molecule has 0 amide bonds. The molecule has 0 saturated heterocycles. The van der Waals surface area contributed by atoms with E-state index < -0.39 is 46.9 Å². The number of esters is 2. The Morgan fingerprint density at radius 2 is 1.03 bits per heavy atom. The fourth-order valence-corrected chi connectivity index (χ4v) is 3.44. The molecule has 2 atom stereocenters. The quantitative estimate of drug-likeness (QED) is 0.340. The van der Waals surface area contributed by atoms with Crippen molar-refractivity contribution in [2.75, 3.05) is 13.2 Å². The number of Topliss-reactive ketones (excluding diaryl/α,β-unsaturated/α-hetero) is 4. The topological polar surface area (TPSA) is 121 Å². The van der Waals surface area contributed by atoms with Gasteiger partial charge in [0.25, 0.3) is 0 Å². The number of fused-ring (bicyclic) bond motifs is 2. The summed E-state index contributed by atoms with van der Waals surface area (Å²) in [5.74, 6) is -6.11. The fraction of sp³-hybridized carbons (Fsp3) is 0.250. The van der Waals surface area contributed by atoms with Crippen LogP contribution in [-0.4, -0.2) is 48.3 Å². The summed E-state index contributed by atoms with van der Waals surface area (Å²) in [5.41, 5.74) is 1.07. The molecule has 0 heterocycles. The second kappa shape index (κ2) is 11.3. The third-order valence-electron chi connectivity index (χ3n) is 4.88. The summed E-state index contributed by atoms with van der Waals surface area (Å²) in [7, 11) is 0. The summed E-state index contributed by atoms with van der Waals surface area (Å²) in [5, 5.41) is 0. The van der Waals surface area contributed by atoms with Crippen molar-refractivity contribution >= 4 is 35.1 Å². The van der Waals surface area contributed by atoms with Crippen LogP contribution in [0, 0.1) is 24.0 Å². The van der Waals surface area contributed by atoms with Crippen LogP contribution < -0.4 is 0 Å². The summed E-state index contributed by atoms with van der Waals surface area (Å²) in [4.78, 5) is 70.1. The van der Waals surface area contributed by atoms with Crippen LogP contribution in [0.4, 0.5) is 0 Å². The number of rotatable bonds is 4. The summed E-state index contributed by atoms with van der Waals surface area (Å²) in [6.07, 6.45) is 0. The molecule has 0 aromatic heterocycles. The van der Waals surface area contributed by atoms with Gasteiger partial charge in [-0.2, -0.15) is 48.5 Å². The maximum absolute atomic E-state index is 11.8. The van der Waals surface area contributed by atoms with Gasteiger partial charge in [-0.3, -0.25) is 19.2 Å². The van der Waals surface area contributed by atoms with E-state index in [2.05, 4.69) is 12.1 Å². The van der Waals surface area contributed by atoms with Gasteiger partial charge in [0.1, 0.15) is 11.6 Å². The van der Waals surface area contributed by atoms with E-state index in [1.807, 2.05) is 0 Å². The predicted molar refractivity (Wildman–Crippen MR) is 108 cm³/mol. The van der Waals surface area contributed by atoms with Crippen molar-refractivity contribution in [3.63, 3.8) is 0 Å². The van der Waals surface area contributed by atoms with E-state index in [1.54, 1.807) is 13.8 Å². The van der Waals surface area contributed by atoms with E-state index in [1.165, 1.54) is 36.4 Å². The monoisotopic (exact) mass is 523 g/mol. The number of ether oxygens (including phenoxy) is 2. The molecule has 2 aromatic carbocycles. The normalized spacial score (nSPS) is 17.9. The molecule has 0 fully saturated rings. The molecule has 4 rings (SSSR count). The molecule has 167 valence electrons. The summed E-state index contributed by atoms with van der Waals surface area (Å²) in [6, 6.07) is 14.3. The van der Waals surface area contributed by atoms with Gasteiger partial charge in [0.05, 0.1) is 13.2 Å². The van der Waals surface area contributed by atoms with Gasteiger partial charge < -0.3 is 19.1 Å². The average molecular weight is 523 g/mol. The molecule has 2 aromatic rings. The van der Waals surface area contributed by atoms with Gasteiger partial charge >= 0.3 is 11.9 Å². The van der Waals surface area contributed by atoms with Crippen molar-refractivity contribution in [2.24, 2.45) is 11.8 Å². The van der Waals surface area contributed by atoms with Crippen molar-refractivity contribution in [3.05, 3.63) is 70.8 Å². The predicted octanol–water partition coefficient (Wildman–Crippen LogP) is 2.09. The molecule has 2 unspecified atom stereocenters. The zero-order valence-electron chi connectivity index (χ0n) is 17.9. The molecule has 0 spiro atoms. The number of hydrogen-bond acceptors (Lipinski definition) is 8. The smallest absolute Gasteiger partial charge is 0.323 e.